The van der Waals surface area contributed by atoms with Crippen molar-refractivity contribution in [1.29, 1.82) is 0 Å². The van der Waals surface area contributed by atoms with Crippen molar-refractivity contribution in [3.05, 3.63) is 16.6 Å². The van der Waals surface area contributed by atoms with Crippen LogP contribution in [0.5, 0.6) is 0 Å². The number of carbonyl (C=O) groups excluding carboxylic acids is 1. The van der Waals surface area contributed by atoms with Crippen molar-refractivity contribution in [3.8, 4) is 0 Å². The minimum atomic E-state index is -0.692. The van der Waals surface area contributed by atoms with Crippen molar-refractivity contribution in [2.75, 3.05) is 7.11 Å². The number of halogens is 1. The predicted molar refractivity (Wildman–Crippen MR) is 39.4 cm³/mol. The maximum absolute atomic E-state index is 10.9. The zero-order valence-electron chi connectivity index (χ0n) is 6.11. The van der Waals surface area contributed by atoms with Crippen molar-refractivity contribution in [2.24, 2.45) is 0 Å². The summed E-state index contributed by atoms with van der Waals surface area (Å²) < 4.78 is 8.55. The summed E-state index contributed by atoms with van der Waals surface area (Å²) in [4.78, 5) is 11.0. The fourth-order valence-electron chi connectivity index (χ4n) is 0.630. The summed E-state index contributed by atoms with van der Waals surface area (Å²) >= 11 is 3.01. The van der Waals surface area contributed by atoms with Crippen LogP contribution in [0.25, 0.3) is 0 Å². The van der Waals surface area contributed by atoms with Gasteiger partial charge in [0.15, 0.2) is 0 Å². The Kier molecular flexibility index (Phi) is 2.64. The van der Waals surface area contributed by atoms with Gasteiger partial charge in [-0.15, -0.1) is 0 Å². The lowest BCUT2D eigenvalue weighted by atomic mass is 10.3. The van der Waals surface area contributed by atoms with Crippen LogP contribution in [0, 0.1) is 5.21 Å². The van der Waals surface area contributed by atoms with Gasteiger partial charge in [-0.05, 0) is 4.90 Å². The first-order valence-electron chi connectivity index (χ1n) is 2.93. The second-order valence-electron chi connectivity index (χ2n) is 1.85. The van der Waals surface area contributed by atoms with Gasteiger partial charge in [0.1, 0.15) is 0 Å². The highest BCUT2D eigenvalue weighted by Crippen LogP contribution is 2.06. The molecular formula is C5H5BrN2O4. The highest BCUT2D eigenvalue weighted by molar-refractivity contribution is 9.08. The van der Waals surface area contributed by atoms with E-state index >= 15 is 0 Å². The van der Waals surface area contributed by atoms with E-state index in [1.807, 2.05) is 0 Å². The fraction of sp³-hybridized carbons (Fsp3) is 0.400. The summed E-state index contributed by atoms with van der Waals surface area (Å²) in [5.41, 5.74) is -0.00812. The molecule has 0 unspecified atom stereocenters. The van der Waals surface area contributed by atoms with Crippen LogP contribution in [-0.2, 0) is 10.1 Å². The van der Waals surface area contributed by atoms with Crippen molar-refractivity contribution in [1.82, 2.24) is 5.16 Å². The molecule has 0 aromatic carbocycles. The second-order valence-corrected chi connectivity index (χ2v) is 2.41. The number of ether oxygens (including phenoxy) is 1. The van der Waals surface area contributed by atoms with Crippen LogP contribution in [0.15, 0.2) is 4.63 Å². The molecule has 0 radical (unpaired) electrons. The maximum atomic E-state index is 10.9. The molecule has 0 amide bonds. The van der Waals surface area contributed by atoms with Gasteiger partial charge in [0.05, 0.1) is 17.6 Å². The molecule has 0 spiro atoms. The Bertz CT molecular complexity index is 298. The lowest BCUT2D eigenvalue weighted by Crippen LogP contribution is -2.28. The lowest BCUT2D eigenvalue weighted by Gasteiger charge is -1.91. The number of alkyl halides is 1. The molecule has 0 bridgehead atoms. The minimum absolute atomic E-state index is 0.0989. The molecule has 6 nitrogen and oxygen atoms in total. The number of nitrogens with zero attached hydrogens (tertiary/aromatic N) is 2. The second kappa shape index (κ2) is 3.53. The molecule has 0 atom stereocenters. The van der Waals surface area contributed by atoms with Gasteiger partial charge < -0.3 is 9.94 Å². The van der Waals surface area contributed by atoms with Gasteiger partial charge in [-0.1, -0.05) is 15.9 Å². The number of carbonyl (C=O) groups is 1. The molecular weight excluding hydrogens is 232 g/mol. The zero-order valence-corrected chi connectivity index (χ0v) is 7.70. The van der Waals surface area contributed by atoms with Gasteiger partial charge in [-0.25, -0.2) is 4.79 Å². The molecule has 1 aromatic heterocycles. The van der Waals surface area contributed by atoms with Crippen molar-refractivity contribution in [3.63, 3.8) is 0 Å². The Morgan fingerprint density at radius 1 is 1.92 bits per heavy atom. The average Bonchev–Trinajstić information content (AvgIpc) is 2.45. The normalized spacial score (nSPS) is 9.83. The summed E-state index contributed by atoms with van der Waals surface area (Å²) in [6.07, 6.45) is 0. The Hall–Kier alpha value is -1.11. The van der Waals surface area contributed by atoms with Gasteiger partial charge in [0, 0.05) is 0 Å². The summed E-state index contributed by atoms with van der Waals surface area (Å²) in [6.45, 7) is 0. The highest BCUT2D eigenvalue weighted by Gasteiger charge is 2.25. The van der Waals surface area contributed by atoms with Gasteiger partial charge >= 0.3 is 11.7 Å². The SMILES string of the molecule is COC(=O)c1no[n+]([O-])c1CBr. The quantitative estimate of drug-likeness (QED) is 0.410. The first-order chi connectivity index (χ1) is 5.70. The summed E-state index contributed by atoms with van der Waals surface area (Å²) in [7, 11) is 1.20. The molecule has 7 heteroatoms. The molecule has 1 aromatic rings. The fourth-order valence-corrected chi connectivity index (χ4v) is 1.10. The number of esters is 1. The van der Waals surface area contributed by atoms with Crippen LogP contribution in [0.4, 0.5) is 0 Å². The van der Waals surface area contributed by atoms with E-state index in [-0.39, 0.29) is 21.6 Å². The molecule has 12 heavy (non-hydrogen) atoms. The van der Waals surface area contributed by atoms with Gasteiger partial charge in [0.25, 0.3) is 0 Å². The molecule has 0 saturated heterocycles. The average molecular weight is 237 g/mol. The van der Waals surface area contributed by atoms with E-state index in [2.05, 4.69) is 30.5 Å². The van der Waals surface area contributed by atoms with Crippen molar-refractivity contribution < 1.29 is 19.1 Å². The van der Waals surface area contributed by atoms with Crippen LogP contribution >= 0.6 is 15.9 Å². The topological polar surface area (TPSA) is 79.3 Å². The van der Waals surface area contributed by atoms with E-state index in [4.69, 9.17) is 0 Å². The van der Waals surface area contributed by atoms with Crippen molar-refractivity contribution >= 4 is 21.9 Å². The molecule has 1 rings (SSSR count). The van der Waals surface area contributed by atoms with Crippen LogP contribution in [0.2, 0.25) is 0 Å². The first-order valence-corrected chi connectivity index (χ1v) is 4.05. The Labute approximate surface area is 75.8 Å². The molecule has 0 aliphatic heterocycles. The third-order valence-corrected chi connectivity index (χ3v) is 1.74. The van der Waals surface area contributed by atoms with Crippen molar-refractivity contribution in [2.45, 2.75) is 5.33 Å². The van der Waals surface area contributed by atoms with E-state index in [0.29, 0.717) is 0 Å². The number of methoxy groups -OCH3 is 1. The Morgan fingerprint density at radius 2 is 2.58 bits per heavy atom. The molecule has 0 fully saturated rings. The molecule has 66 valence electrons. The van der Waals surface area contributed by atoms with E-state index in [1.165, 1.54) is 7.11 Å². The van der Waals surface area contributed by atoms with E-state index < -0.39 is 5.97 Å². The summed E-state index contributed by atoms with van der Waals surface area (Å²) in [6, 6.07) is 0. The zero-order chi connectivity index (χ0) is 9.14. The number of aromatic nitrogens is 2. The monoisotopic (exact) mass is 236 g/mol. The van der Waals surface area contributed by atoms with Gasteiger partial charge in [-0.2, -0.15) is 0 Å². The van der Waals surface area contributed by atoms with E-state index in [0.717, 1.165) is 0 Å². The standard InChI is InChI=1S/C5H5BrN2O4/c1-11-5(9)4-3(2-6)8(10)12-7-4/h2H2,1H3. The van der Waals surface area contributed by atoms with Crippen LogP contribution in [0.1, 0.15) is 16.2 Å². The Balaban J connectivity index is 3.07. The van der Waals surface area contributed by atoms with Gasteiger partial charge in [0.2, 0.25) is 5.69 Å². The lowest BCUT2D eigenvalue weighted by molar-refractivity contribution is -0.807. The largest absolute Gasteiger partial charge is 0.462 e. The molecule has 0 N–H and O–H groups in total. The number of hydrogen-bond donors (Lipinski definition) is 0. The number of rotatable bonds is 2. The predicted octanol–water partition coefficient (Wildman–Crippen LogP) is -0.0105. The molecule has 0 aliphatic carbocycles. The number of hydrogen-bond acceptors (Lipinski definition) is 5. The molecule has 0 aliphatic rings. The molecule has 1 heterocycles. The first kappa shape index (κ1) is 8.98. The highest BCUT2D eigenvalue weighted by atomic mass is 79.9. The van der Waals surface area contributed by atoms with E-state index in [1.54, 1.807) is 0 Å². The third kappa shape index (κ3) is 1.40. The maximum Gasteiger partial charge on any atom is 0.389 e. The smallest absolute Gasteiger partial charge is 0.389 e. The minimum Gasteiger partial charge on any atom is -0.462 e. The van der Waals surface area contributed by atoms with E-state index in [9.17, 15) is 10.0 Å². The third-order valence-electron chi connectivity index (χ3n) is 1.21. The van der Waals surface area contributed by atoms with Crippen LogP contribution < -0.4 is 4.90 Å². The summed E-state index contributed by atoms with van der Waals surface area (Å²) in [5.74, 6) is -0.692. The van der Waals surface area contributed by atoms with Crippen LogP contribution in [-0.4, -0.2) is 18.2 Å². The van der Waals surface area contributed by atoms with Gasteiger partial charge in [-0.3, -0.25) is 4.63 Å². The van der Waals surface area contributed by atoms with Crippen LogP contribution in [0.3, 0.4) is 0 Å². The molecule has 0 saturated carbocycles. The summed E-state index contributed by atoms with van der Waals surface area (Å²) in [5, 5.41) is 14.2. The Morgan fingerprint density at radius 3 is 3.08 bits per heavy atom.